The van der Waals surface area contributed by atoms with Gasteiger partial charge in [-0.25, -0.2) is 9.37 Å². The van der Waals surface area contributed by atoms with Crippen molar-refractivity contribution in [3.05, 3.63) is 70.0 Å². The minimum Gasteiger partial charge on any atom is -0.381 e. The van der Waals surface area contributed by atoms with Crippen molar-refractivity contribution in [2.24, 2.45) is 0 Å². The van der Waals surface area contributed by atoms with Crippen LogP contribution in [-0.2, 0) is 6.54 Å². The van der Waals surface area contributed by atoms with E-state index in [-0.39, 0.29) is 5.56 Å². The number of rotatable bonds is 7. The lowest BCUT2D eigenvalue weighted by Gasteiger charge is -2.18. The van der Waals surface area contributed by atoms with E-state index in [0.29, 0.717) is 35.5 Å². The predicted molar refractivity (Wildman–Crippen MR) is 121 cm³/mol. The molecule has 4 rings (SSSR count). The summed E-state index contributed by atoms with van der Waals surface area (Å²) in [6.07, 6.45) is 2.81. The molecule has 5 nitrogen and oxygen atoms in total. The van der Waals surface area contributed by atoms with Gasteiger partial charge in [0, 0.05) is 19.6 Å². The lowest BCUT2D eigenvalue weighted by Crippen LogP contribution is -2.28. The van der Waals surface area contributed by atoms with Crippen LogP contribution in [0.5, 0.6) is 0 Å². The maximum atomic E-state index is 14.6. The van der Waals surface area contributed by atoms with E-state index in [1.165, 1.54) is 6.07 Å². The van der Waals surface area contributed by atoms with E-state index >= 15 is 0 Å². The third-order valence-electron chi connectivity index (χ3n) is 5.71. The Morgan fingerprint density at radius 1 is 1.20 bits per heavy atom. The molecule has 1 N–H and O–H groups in total. The Labute approximate surface area is 175 Å². The van der Waals surface area contributed by atoms with Gasteiger partial charge in [0.25, 0.3) is 5.56 Å². The topological polar surface area (TPSA) is 50.2 Å². The molecule has 0 atom stereocenters. The molecule has 1 aromatic heterocycles. The molecule has 3 aromatic rings. The van der Waals surface area contributed by atoms with Gasteiger partial charge >= 0.3 is 0 Å². The molecular formula is C24H27FN4O. The second-order valence-corrected chi connectivity index (χ2v) is 7.53. The van der Waals surface area contributed by atoms with Crippen LogP contribution < -0.4 is 10.9 Å². The molecule has 2 aromatic carbocycles. The van der Waals surface area contributed by atoms with Crippen LogP contribution in [0, 0.1) is 5.82 Å². The van der Waals surface area contributed by atoms with Gasteiger partial charge < -0.3 is 10.2 Å². The van der Waals surface area contributed by atoms with E-state index in [0.717, 1.165) is 37.2 Å². The highest BCUT2D eigenvalue weighted by molar-refractivity contribution is 5.86. The number of fused-ring (bicyclic) bond motifs is 2. The minimum atomic E-state index is -0.417. The number of allylic oxidation sites excluding steroid dienone is 1. The summed E-state index contributed by atoms with van der Waals surface area (Å²) in [5.41, 5.74) is 2.84. The van der Waals surface area contributed by atoms with Crippen molar-refractivity contribution in [2.75, 3.05) is 31.5 Å². The fraction of sp³-hybridized carbons (Fsp3) is 0.333. The van der Waals surface area contributed by atoms with Gasteiger partial charge in [-0.15, -0.1) is 0 Å². The average molecular weight is 407 g/mol. The van der Waals surface area contributed by atoms with Crippen LogP contribution in [0.3, 0.4) is 0 Å². The molecule has 6 heteroatoms. The van der Waals surface area contributed by atoms with Crippen LogP contribution in [0.25, 0.3) is 22.6 Å². The molecule has 0 spiro atoms. The summed E-state index contributed by atoms with van der Waals surface area (Å²) in [6.45, 7) is 8.17. The van der Waals surface area contributed by atoms with Crippen molar-refractivity contribution < 1.29 is 4.39 Å². The SMILES string of the molecule is CCN(CC)CCNc1cc2nc3n(c(=O)c2cc1F)CC/C3=C\c1ccccc1. The first-order valence-electron chi connectivity index (χ1n) is 10.6. The van der Waals surface area contributed by atoms with Crippen molar-refractivity contribution in [1.82, 2.24) is 14.5 Å². The van der Waals surface area contributed by atoms with Gasteiger partial charge in [-0.1, -0.05) is 44.2 Å². The van der Waals surface area contributed by atoms with Gasteiger partial charge in [0.05, 0.1) is 16.6 Å². The highest BCUT2D eigenvalue weighted by Crippen LogP contribution is 2.28. The van der Waals surface area contributed by atoms with Crippen molar-refractivity contribution >= 4 is 28.2 Å². The van der Waals surface area contributed by atoms with Crippen LogP contribution in [0.15, 0.2) is 47.3 Å². The Morgan fingerprint density at radius 2 is 1.97 bits per heavy atom. The number of halogens is 1. The largest absolute Gasteiger partial charge is 0.381 e. The van der Waals surface area contributed by atoms with Crippen LogP contribution >= 0.6 is 0 Å². The number of likely N-dealkylation sites (N-methyl/N-ethyl adjacent to an activating group) is 1. The molecule has 0 radical (unpaired) electrons. The van der Waals surface area contributed by atoms with Crippen LogP contribution in [0.2, 0.25) is 0 Å². The third-order valence-corrected chi connectivity index (χ3v) is 5.71. The Morgan fingerprint density at radius 3 is 2.70 bits per heavy atom. The highest BCUT2D eigenvalue weighted by atomic mass is 19.1. The maximum absolute atomic E-state index is 14.6. The number of benzene rings is 2. The summed E-state index contributed by atoms with van der Waals surface area (Å²) in [4.78, 5) is 20.0. The van der Waals surface area contributed by atoms with E-state index in [2.05, 4.69) is 30.1 Å². The predicted octanol–water partition coefficient (Wildman–Crippen LogP) is 4.23. The monoisotopic (exact) mass is 406 g/mol. The van der Waals surface area contributed by atoms with Gasteiger partial charge in [0.2, 0.25) is 0 Å². The quantitative estimate of drug-likeness (QED) is 0.638. The minimum absolute atomic E-state index is 0.181. The average Bonchev–Trinajstić information content (AvgIpc) is 3.16. The van der Waals surface area contributed by atoms with E-state index in [9.17, 15) is 9.18 Å². The lowest BCUT2D eigenvalue weighted by molar-refractivity contribution is 0.316. The number of anilines is 1. The first-order chi connectivity index (χ1) is 14.6. The zero-order valence-electron chi connectivity index (χ0n) is 17.5. The van der Waals surface area contributed by atoms with E-state index < -0.39 is 5.82 Å². The molecule has 156 valence electrons. The molecule has 0 amide bonds. The van der Waals surface area contributed by atoms with Gasteiger partial charge in [0.15, 0.2) is 0 Å². The van der Waals surface area contributed by atoms with Crippen LogP contribution in [-0.4, -0.2) is 40.6 Å². The Hall–Kier alpha value is -2.99. The summed E-state index contributed by atoms with van der Waals surface area (Å²) in [7, 11) is 0. The first kappa shape index (κ1) is 20.3. The second-order valence-electron chi connectivity index (χ2n) is 7.53. The molecule has 0 unspecified atom stereocenters. The van der Waals surface area contributed by atoms with Crippen molar-refractivity contribution in [3.8, 4) is 0 Å². The zero-order valence-corrected chi connectivity index (χ0v) is 17.5. The molecule has 0 fully saturated rings. The number of nitrogens with one attached hydrogen (secondary N) is 1. The summed E-state index contributed by atoms with van der Waals surface area (Å²) in [5, 5.41) is 3.49. The molecule has 1 aliphatic heterocycles. The Balaban J connectivity index is 1.68. The van der Waals surface area contributed by atoms with Gasteiger partial charge in [-0.05, 0) is 48.9 Å². The lowest BCUT2D eigenvalue weighted by atomic mass is 10.1. The molecule has 0 aliphatic carbocycles. The van der Waals surface area contributed by atoms with Gasteiger partial charge in [-0.3, -0.25) is 9.36 Å². The maximum Gasteiger partial charge on any atom is 0.261 e. The third kappa shape index (κ3) is 4.00. The Bertz CT molecular complexity index is 1130. The molecule has 0 bridgehead atoms. The van der Waals surface area contributed by atoms with E-state index in [1.807, 2.05) is 30.3 Å². The zero-order chi connectivity index (χ0) is 21.1. The number of hydrogen-bond acceptors (Lipinski definition) is 4. The first-order valence-corrected chi connectivity index (χ1v) is 10.6. The standard InChI is InChI=1S/C24H27FN4O/c1-3-28(4-2)13-11-26-22-16-21-19(15-20(22)25)24(30)29-12-10-18(23(29)27-21)14-17-8-6-5-7-9-17/h5-9,14-16,26H,3-4,10-13H2,1-2H3/b18-14+. The van der Waals surface area contributed by atoms with Crippen LogP contribution in [0.4, 0.5) is 10.1 Å². The number of aromatic nitrogens is 2. The molecule has 0 saturated carbocycles. The molecule has 30 heavy (non-hydrogen) atoms. The van der Waals surface area contributed by atoms with Gasteiger partial charge in [0.1, 0.15) is 11.6 Å². The smallest absolute Gasteiger partial charge is 0.261 e. The number of nitrogens with zero attached hydrogens (tertiary/aromatic N) is 3. The second kappa shape index (κ2) is 8.79. The molecular weight excluding hydrogens is 379 g/mol. The normalized spacial score (nSPS) is 14.6. The van der Waals surface area contributed by atoms with Crippen molar-refractivity contribution in [2.45, 2.75) is 26.8 Å². The van der Waals surface area contributed by atoms with Crippen LogP contribution in [0.1, 0.15) is 31.7 Å². The fourth-order valence-corrected chi connectivity index (χ4v) is 3.95. The Kier molecular flexibility index (Phi) is 5.95. The molecule has 2 heterocycles. The summed E-state index contributed by atoms with van der Waals surface area (Å²) < 4.78 is 16.3. The summed E-state index contributed by atoms with van der Waals surface area (Å²) in [5.74, 6) is 0.261. The van der Waals surface area contributed by atoms with Gasteiger partial charge in [-0.2, -0.15) is 0 Å². The van der Waals surface area contributed by atoms with Crippen molar-refractivity contribution in [1.29, 1.82) is 0 Å². The number of hydrogen-bond donors (Lipinski definition) is 1. The van der Waals surface area contributed by atoms with Crippen molar-refractivity contribution in [3.63, 3.8) is 0 Å². The summed E-state index contributed by atoms with van der Waals surface area (Å²) >= 11 is 0. The highest BCUT2D eigenvalue weighted by Gasteiger charge is 2.22. The van der Waals surface area contributed by atoms with E-state index in [1.54, 1.807) is 10.6 Å². The molecule has 1 aliphatic rings. The molecule has 0 saturated heterocycles. The fourth-order valence-electron chi connectivity index (χ4n) is 3.95. The summed E-state index contributed by atoms with van der Waals surface area (Å²) in [6, 6.07) is 13.0. The van der Waals surface area contributed by atoms with E-state index in [4.69, 9.17) is 4.98 Å².